The van der Waals surface area contributed by atoms with Gasteiger partial charge in [0.1, 0.15) is 0 Å². The van der Waals surface area contributed by atoms with Gasteiger partial charge in [0.2, 0.25) is 0 Å². The molecular weight excluding hydrogens is 218 g/mol. The normalized spacial score (nSPS) is 10.4. The Morgan fingerprint density at radius 3 is 2.06 bits per heavy atom. The predicted molar refractivity (Wildman–Crippen MR) is 79.2 cm³/mol. The third-order valence-corrected chi connectivity index (χ3v) is 3.20. The first kappa shape index (κ1) is 12.7. The molecule has 2 aromatic rings. The van der Waals surface area contributed by atoms with Crippen molar-refractivity contribution in [3.63, 3.8) is 0 Å². The molecule has 0 bridgehead atoms. The van der Waals surface area contributed by atoms with E-state index in [0.717, 1.165) is 6.54 Å². The smallest absolute Gasteiger partial charge is 0.0403 e. The van der Waals surface area contributed by atoms with Gasteiger partial charge in [0.25, 0.3) is 0 Å². The topological polar surface area (TPSA) is 12.0 Å². The minimum Gasteiger partial charge on any atom is -0.381 e. The Morgan fingerprint density at radius 2 is 1.44 bits per heavy atom. The second-order valence-electron chi connectivity index (χ2n) is 5.16. The van der Waals surface area contributed by atoms with Crippen LogP contribution in [0.15, 0.2) is 36.4 Å². The lowest BCUT2D eigenvalue weighted by Gasteiger charge is -2.11. The SMILES string of the molecule is Cc1cc(C)cc(NCc2ccc(C)cc2C)c1. The van der Waals surface area contributed by atoms with Crippen LogP contribution < -0.4 is 5.32 Å². The van der Waals surface area contributed by atoms with Gasteiger partial charge >= 0.3 is 0 Å². The summed E-state index contributed by atoms with van der Waals surface area (Å²) < 4.78 is 0. The maximum absolute atomic E-state index is 3.50. The molecule has 18 heavy (non-hydrogen) atoms. The van der Waals surface area contributed by atoms with Crippen molar-refractivity contribution < 1.29 is 0 Å². The highest BCUT2D eigenvalue weighted by molar-refractivity contribution is 5.49. The summed E-state index contributed by atoms with van der Waals surface area (Å²) in [4.78, 5) is 0. The van der Waals surface area contributed by atoms with E-state index >= 15 is 0 Å². The van der Waals surface area contributed by atoms with Gasteiger partial charge in [0.05, 0.1) is 0 Å². The van der Waals surface area contributed by atoms with Crippen LogP contribution in [0, 0.1) is 27.7 Å². The Morgan fingerprint density at radius 1 is 0.778 bits per heavy atom. The third-order valence-electron chi connectivity index (χ3n) is 3.20. The summed E-state index contributed by atoms with van der Waals surface area (Å²) >= 11 is 0. The zero-order valence-corrected chi connectivity index (χ0v) is 11.7. The van der Waals surface area contributed by atoms with Crippen molar-refractivity contribution in [1.29, 1.82) is 0 Å². The summed E-state index contributed by atoms with van der Waals surface area (Å²) in [5.74, 6) is 0. The highest BCUT2D eigenvalue weighted by Crippen LogP contribution is 2.16. The molecule has 2 rings (SSSR count). The number of benzene rings is 2. The second-order valence-corrected chi connectivity index (χ2v) is 5.16. The van der Waals surface area contributed by atoms with Gasteiger partial charge in [0.15, 0.2) is 0 Å². The van der Waals surface area contributed by atoms with E-state index in [2.05, 4.69) is 69.4 Å². The predicted octanol–water partition coefficient (Wildman–Crippen LogP) is 4.53. The van der Waals surface area contributed by atoms with Gasteiger partial charge in [-0.15, -0.1) is 0 Å². The first-order valence-corrected chi connectivity index (χ1v) is 6.43. The van der Waals surface area contributed by atoms with Crippen molar-refractivity contribution in [2.45, 2.75) is 34.2 Å². The van der Waals surface area contributed by atoms with E-state index in [4.69, 9.17) is 0 Å². The van der Waals surface area contributed by atoms with Crippen LogP contribution in [-0.4, -0.2) is 0 Å². The van der Waals surface area contributed by atoms with Crippen LogP contribution in [0.3, 0.4) is 0 Å². The lowest BCUT2D eigenvalue weighted by Crippen LogP contribution is -2.02. The summed E-state index contributed by atoms with van der Waals surface area (Å²) in [6, 6.07) is 13.2. The quantitative estimate of drug-likeness (QED) is 0.829. The summed E-state index contributed by atoms with van der Waals surface area (Å²) in [5.41, 5.74) is 7.85. The third kappa shape index (κ3) is 3.13. The Kier molecular flexibility index (Phi) is 3.71. The minimum absolute atomic E-state index is 0.884. The van der Waals surface area contributed by atoms with Crippen molar-refractivity contribution in [3.05, 3.63) is 64.2 Å². The summed E-state index contributed by atoms with van der Waals surface area (Å²) in [6.07, 6.45) is 0. The number of hydrogen-bond acceptors (Lipinski definition) is 1. The molecule has 0 aliphatic heterocycles. The molecule has 0 aliphatic rings. The molecule has 0 unspecified atom stereocenters. The Bertz CT molecular complexity index is 535. The lowest BCUT2D eigenvalue weighted by atomic mass is 10.1. The standard InChI is InChI=1S/C17H21N/c1-12-5-6-16(15(4)8-12)11-18-17-9-13(2)7-14(3)10-17/h5-10,18H,11H2,1-4H3. The van der Waals surface area contributed by atoms with Crippen molar-refractivity contribution in [2.75, 3.05) is 5.32 Å². The average molecular weight is 239 g/mol. The summed E-state index contributed by atoms with van der Waals surface area (Å²) in [5, 5.41) is 3.50. The van der Waals surface area contributed by atoms with Crippen LogP contribution in [0.1, 0.15) is 27.8 Å². The van der Waals surface area contributed by atoms with Gasteiger partial charge in [-0.25, -0.2) is 0 Å². The molecule has 0 atom stereocenters. The fourth-order valence-electron chi connectivity index (χ4n) is 2.32. The second kappa shape index (κ2) is 5.26. The first-order valence-electron chi connectivity index (χ1n) is 6.43. The average Bonchev–Trinajstić information content (AvgIpc) is 2.26. The minimum atomic E-state index is 0.884. The molecule has 94 valence electrons. The van der Waals surface area contributed by atoms with Gasteiger partial charge in [-0.05, 0) is 62.1 Å². The van der Waals surface area contributed by atoms with Gasteiger partial charge in [0, 0.05) is 12.2 Å². The number of rotatable bonds is 3. The Labute approximate surface area is 110 Å². The van der Waals surface area contributed by atoms with E-state index in [1.165, 1.54) is 33.5 Å². The van der Waals surface area contributed by atoms with Crippen LogP contribution in [0.5, 0.6) is 0 Å². The molecule has 0 heterocycles. The molecule has 2 aromatic carbocycles. The van der Waals surface area contributed by atoms with E-state index in [0.29, 0.717) is 0 Å². The van der Waals surface area contributed by atoms with Crippen LogP contribution in [0.25, 0.3) is 0 Å². The summed E-state index contributed by atoms with van der Waals surface area (Å²) in [7, 11) is 0. The monoisotopic (exact) mass is 239 g/mol. The fourth-order valence-corrected chi connectivity index (χ4v) is 2.32. The number of aryl methyl sites for hydroxylation is 4. The molecule has 0 aromatic heterocycles. The highest BCUT2D eigenvalue weighted by atomic mass is 14.9. The van der Waals surface area contributed by atoms with Crippen molar-refractivity contribution in [2.24, 2.45) is 0 Å². The zero-order valence-electron chi connectivity index (χ0n) is 11.7. The van der Waals surface area contributed by atoms with E-state index < -0.39 is 0 Å². The molecule has 0 fully saturated rings. The van der Waals surface area contributed by atoms with Gasteiger partial charge in [-0.3, -0.25) is 0 Å². The molecule has 0 amide bonds. The van der Waals surface area contributed by atoms with E-state index in [1.54, 1.807) is 0 Å². The summed E-state index contributed by atoms with van der Waals surface area (Å²) in [6.45, 7) is 9.46. The van der Waals surface area contributed by atoms with E-state index in [-0.39, 0.29) is 0 Å². The Balaban J connectivity index is 2.11. The molecule has 1 N–H and O–H groups in total. The molecule has 0 spiro atoms. The van der Waals surface area contributed by atoms with Gasteiger partial charge in [-0.1, -0.05) is 29.8 Å². The number of hydrogen-bond donors (Lipinski definition) is 1. The van der Waals surface area contributed by atoms with E-state index in [1.807, 2.05) is 0 Å². The van der Waals surface area contributed by atoms with Crippen LogP contribution in [0.2, 0.25) is 0 Å². The highest BCUT2D eigenvalue weighted by Gasteiger charge is 2.00. The molecular formula is C17H21N. The maximum Gasteiger partial charge on any atom is 0.0403 e. The largest absolute Gasteiger partial charge is 0.381 e. The molecule has 0 saturated heterocycles. The Hall–Kier alpha value is -1.76. The fraction of sp³-hybridized carbons (Fsp3) is 0.294. The molecule has 0 saturated carbocycles. The van der Waals surface area contributed by atoms with Crippen molar-refractivity contribution >= 4 is 5.69 Å². The van der Waals surface area contributed by atoms with Gasteiger partial charge in [-0.2, -0.15) is 0 Å². The van der Waals surface area contributed by atoms with Crippen LogP contribution in [0.4, 0.5) is 5.69 Å². The van der Waals surface area contributed by atoms with Crippen LogP contribution in [-0.2, 0) is 6.54 Å². The van der Waals surface area contributed by atoms with Crippen molar-refractivity contribution in [1.82, 2.24) is 0 Å². The number of anilines is 1. The van der Waals surface area contributed by atoms with Crippen molar-refractivity contribution in [3.8, 4) is 0 Å². The number of nitrogens with one attached hydrogen (secondary N) is 1. The molecule has 0 radical (unpaired) electrons. The van der Waals surface area contributed by atoms with Crippen LogP contribution >= 0.6 is 0 Å². The molecule has 1 nitrogen and oxygen atoms in total. The maximum atomic E-state index is 3.50. The van der Waals surface area contributed by atoms with E-state index in [9.17, 15) is 0 Å². The molecule has 1 heteroatoms. The zero-order chi connectivity index (χ0) is 13.1. The molecule has 0 aliphatic carbocycles. The first-order chi connectivity index (χ1) is 8.54. The lowest BCUT2D eigenvalue weighted by molar-refractivity contribution is 1.11. The van der Waals surface area contributed by atoms with Gasteiger partial charge < -0.3 is 5.32 Å².